The quantitative estimate of drug-likeness (QED) is 0.855. The summed E-state index contributed by atoms with van der Waals surface area (Å²) in [5.41, 5.74) is -0.0717. The number of imide groups is 1. The summed E-state index contributed by atoms with van der Waals surface area (Å²) in [6.45, 7) is 5.07. The molecule has 0 aromatic heterocycles. The van der Waals surface area contributed by atoms with E-state index in [0.717, 1.165) is 10.5 Å². The van der Waals surface area contributed by atoms with E-state index in [4.69, 9.17) is 0 Å². The number of amides is 2. The molecular formula is C15H17NO4. The van der Waals surface area contributed by atoms with Crippen LogP contribution >= 0.6 is 0 Å². The summed E-state index contributed by atoms with van der Waals surface area (Å²) in [6, 6.07) is 4.95. The number of carboxylic acids is 1. The van der Waals surface area contributed by atoms with Gasteiger partial charge in [0.05, 0.1) is 11.1 Å². The average molecular weight is 275 g/mol. The molecule has 5 nitrogen and oxygen atoms in total. The Kier molecular flexibility index (Phi) is 3.38. The van der Waals surface area contributed by atoms with Crippen molar-refractivity contribution < 1.29 is 19.5 Å². The molecule has 1 aromatic rings. The summed E-state index contributed by atoms with van der Waals surface area (Å²) >= 11 is 0. The Labute approximate surface area is 117 Å². The number of aliphatic carboxylic acids is 1. The lowest BCUT2D eigenvalue weighted by Gasteiger charge is -2.33. The second-order valence-corrected chi connectivity index (χ2v) is 5.32. The number of hydrogen-bond donors (Lipinski definition) is 1. The van der Waals surface area contributed by atoms with Crippen molar-refractivity contribution in [2.75, 3.05) is 0 Å². The molecule has 0 saturated heterocycles. The Balaban J connectivity index is 2.54. The van der Waals surface area contributed by atoms with Crippen LogP contribution in [0.3, 0.4) is 0 Å². The summed E-state index contributed by atoms with van der Waals surface area (Å²) in [5, 5.41) is 9.45. The SMILES string of the molecule is CCCC(C)(C(=O)O)N1C(=O)c2ccc(C)cc2C1=O. The van der Waals surface area contributed by atoms with Gasteiger partial charge in [0.25, 0.3) is 11.8 Å². The predicted molar refractivity (Wildman–Crippen MR) is 72.6 cm³/mol. The van der Waals surface area contributed by atoms with Gasteiger partial charge in [-0.25, -0.2) is 4.79 Å². The van der Waals surface area contributed by atoms with Crippen LogP contribution < -0.4 is 0 Å². The molecule has 1 N–H and O–H groups in total. The van der Waals surface area contributed by atoms with Gasteiger partial charge in [-0.3, -0.25) is 14.5 Å². The number of hydrogen-bond acceptors (Lipinski definition) is 3. The van der Waals surface area contributed by atoms with Gasteiger partial charge in [-0.1, -0.05) is 25.0 Å². The summed E-state index contributed by atoms with van der Waals surface area (Å²) in [7, 11) is 0. The monoisotopic (exact) mass is 275 g/mol. The molecule has 20 heavy (non-hydrogen) atoms. The Morgan fingerprint density at radius 1 is 1.25 bits per heavy atom. The Morgan fingerprint density at radius 3 is 2.40 bits per heavy atom. The third-order valence-corrected chi connectivity index (χ3v) is 3.73. The molecule has 2 rings (SSSR count). The number of carbonyl (C=O) groups is 3. The maximum atomic E-state index is 12.4. The number of aryl methyl sites for hydroxylation is 1. The summed E-state index contributed by atoms with van der Waals surface area (Å²) in [4.78, 5) is 37.3. The molecule has 1 aliphatic heterocycles. The highest BCUT2D eigenvalue weighted by Gasteiger charge is 2.50. The van der Waals surface area contributed by atoms with Crippen molar-refractivity contribution >= 4 is 17.8 Å². The third kappa shape index (κ3) is 1.90. The van der Waals surface area contributed by atoms with E-state index >= 15 is 0 Å². The molecule has 0 bridgehead atoms. The normalized spacial score (nSPS) is 17.1. The molecule has 0 saturated carbocycles. The lowest BCUT2D eigenvalue weighted by Crippen LogP contribution is -2.55. The fourth-order valence-electron chi connectivity index (χ4n) is 2.60. The van der Waals surface area contributed by atoms with Crippen LogP contribution in [-0.2, 0) is 4.79 Å². The molecule has 1 aromatic carbocycles. The maximum absolute atomic E-state index is 12.4. The molecule has 0 fully saturated rings. The van der Waals surface area contributed by atoms with Crippen molar-refractivity contribution in [3.8, 4) is 0 Å². The molecule has 5 heteroatoms. The van der Waals surface area contributed by atoms with Crippen LogP contribution in [0.1, 0.15) is 53.0 Å². The van der Waals surface area contributed by atoms with E-state index in [1.807, 2.05) is 13.8 Å². The molecular weight excluding hydrogens is 258 g/mol. The van der Waals surface area contributed by atoms with E-state index < -0.39 is 23.3 Å². The molecule has 2 amide bonds. The first-order valence-electron chi connectivity index (χ1n) is 6.56. The van der Waals surface area contributed by atoms with Crippen molar-refractivity contribution in [2.45, 2.75) is 39.2 Å². The highest BCUT2D eigenvalue weighted by Crippen LogP contribution is 2.32. The zero-order valence-electron chi connectivity index (χ0n) is 11.8. The van der Waals surface area contributed by atoms with Crippen molar-refractivity contribution in [1.29, 1.82) is 0 Å². The van der Waals surface area contributed by atoms with Gasteiger partial charge in [-0.2, -0.15) is 0 Å². The van der Waals surface area contributed by atoms with Crippen LogP contribution in [0.15, 0.2) is 18.2 Å². The number of carboxylic acid groups (broad SMARTS) is 1. The topological polar surface area (TPSA) is 74.7 Å². The highest BCUT2D eigenvalue weighted by molar-refractivity contribution is 6.23. The number of carbonyl (C=O) groups excluding carboxylic acids is 2. The second-order valence-electron chi connectivity index (χ2n) is 5.32. The van der Waals surface area contributed by atoms with Crippen LogP contribution in [0.25, 0.3) is 0 Å². The standard InChI is InChI=1S/C15H17NO4/c1-4-7-15(3,14(19)20)16-12(17)10-6-5-9(2)8-11(10)13(16)18/h5-6,8H,4,7H2,1-3H3,(H,19,20). The minimum Gasteiger partial charge on any atom is -0.479 e. The van der Waals surface area contributed by atoms with Gasteiger partial charge in [0.1, 0.15) is 5.54 Å². The lowest BCUT2D eigenvalue weighted by molar-refractivity contribution is -0.148. The number of nitrogens with zero attached hydrogens (tertiary/aromatic N) is 1. The largest absolute Gasteiger partial charge is 0.479 e. The minimum atomic E-state index is -1.50. The van der Waals surface area contributed by atoms with E-state index in [1.165, 1.54) is 6.92 Å². The molecule has 1 atom stereocenters. The van der Waals surface area contributed by atoms with Gasteiger partial charge in [-0.15, -0.1) is 0 Å². The number of fused-ring (bicyclic) bond motifs is 1. The molecule has 0 radical (unpaired) electrons. The zero-order valence-corrected chi connectivity index (χ0v) is 11.8. The fourth-order valence-corrected chi connectivity index (χ4v) is 2.60. The molecule has 0 spiro atoms. The first-order chi connectivity index (χ1) is 9.32. The van der Waals surface area contributed by atoms with Crippen molar-refractivity contribution in [3.63, 3.8) is 0 Å². The summed E-state index contributed by atoms with van der Waals surface area (Å²) in [5.74, 6) is -2.21. The molecule has 1 aliphatic rings. The van der Waals surface area contributed by atoms with E-state index in [0.29, 0.717) is 12.0 Å². The Morgan fingerprint density at radius 2 is 1.85 bits per heavy atom. The van der Waals surface area contributed by atoms with Crippen molar-refractivity contribution in [1.82, 2.24) is 4.90 Å². The van der Waals surface area contributed by atoms with Crippen molar-refractivity contribution in [3.05, 3.63) is 34.9 Å². The smallest absolute Gasteiger partial charge is 0.329 e. The van der Waals surface area contributed by atoms with E-state index in [1.54, 1.807) is 18.2 Å². The minimum absolute atomic E-state index is 0.229. The molecule has 1 heterocycles. The first-order valence-corrected chi connectivity index (χ1v) is 6.56. The zero-order chi connectivity index (χ0) is 15.1. The number of benzene rings is 1. The fraction of sp³-hybridized carbons (Fsp3) is 0.400. The van der Waals surface area contributed by atoms with Gasteiger partial charge in [0.15, 0.2) is 0 Å². The van der Waals surface area contributed by atoms with Gasteiger partial charge in [-0.05, 0) is 32.4 Å². The van der Waals surface area contributed by atoms with E-state index in [9.17, 15) is 19.5 Å². The van der Waals surface area contributed by atoms with E-state index in [2.05, 4.69) is 0 Å². The highest BCUT2D eigenvalue weighted by atomic mass is 16.4. The van der Waals surface area contributed by atoms with Crippen molar-refractivity contribution in [2.24, 2.45) is 0 Å². The third-order valence-electron chi connectivity index (χ3n) is 3.73. The van der Waals surface area contributed by atoms with Gasteiger partial charge in [0.2, 0.25) is 0 Å². The average Bonchev–Trinajstić information content (AvgIpc) is 2.61. The van der Waals surface area contributed by atoms with Gasteiger partial charge in [0, 0.05) is 0 Å². The van der Waals surface area contributed by atoms with Crippen LogP contribution in [0, 0.1) is 6.92 Å². The van der Waals surface area contributed by atoms with Crippen LogP contribution in [0.2, 0.25) is 0 Å². The van der Waals surface area contributed by atoms with Crippen LogP contribution in [0.4, 0.5) is 0 Å². The molecule has 0 aliphatic carbocycles. The summed E-state index contributed by atoms with van der Waals surface area (Å²) in [6.07, 6.45) is 0.794. The Bertz CT molecular complexity index is 608. The first kappa shape index (κ1) is 14.2. The summed E-state index contributed by atoms with van der Waals surface area (Å²) < 4.78 is 0. The maximum Gasteiger partial charge on any atom is 0.329 e. The van der Waals surface area contributed by atoms with Gasteiger partial charge < -0.3 is 5.11 Å². The van der Waals surface area contributed by atoms with E-state index in [-0.39, 0.29) is 12.0 Å². The van der Waals surface area contributed by atoms with Crippen LogP contribution in [-0.4, -0.2) is 33.3 Å². The molecule has 1 unspecified atom stereocenters. The number of rotatable bonds is 4. The van der Waals surface area contributed by atoms with Crippen LogP contribution in [0.5, 0.6) is 0 Å². The second kappa shape index (κ2) is 4.74. The predicted octanol–water partition coefficient (Wildman–Crippen LogP) is 2.23. The van der Waals surface area contributed by atoms with Gasteiger partial charge >= 0.3 is 5.97 Å². The Hall–Kier alpha value is -2.17. The lowest BCUT2D eigenvalue weighted by atomic mass is 9.94. The molecule has 106 valence electrons.